The molecule has 0 aliphatic carbocycles. The fraction of sp³-hybridized carbons (Fsp3) is 0.625. The van der Waals surface area contributed by atoms with Gasteiger partial charge in [-0.2, -0.15) is 0 Å². The molecule has 0 N–H and O–H groups in total. The lowest BCUT2D eigenvalue weighted by atomic mass is 9.96. The van der Waals surface area contributed by atoms with Crippen molar-refractivity contribution in [1.29, 1.82) is 0 Å². The molecule has 0 heterocycles. The predicted molar refractivity (Wildman–Crippen MR) is 123 cm³/mol. The van der Waals surface area contributed by atoms with Crippen molar-refractivity contribution in [3.63, 3.8) is 0 Å². The number of ether oxygens (including phenoxy) is 2. The third-order valence-electron chi connectivity index (χ3n) is 5.95. The van der Waals surface area contributed by atoms with Crippen LogP contribution in [0.25, 0.3) is 0 Å². The van der Waals surface area contributed by atoms with Crippen LogP contribution in [0.4, 0.5) is 0 Å². The highest BCUT2D eigenvalue weighted by atomic mass is 28.4. The summed E-state index contributed by atoms with van der Waals surface area (Å²) in [4.78, 5) is 12.2. The van der Waals surface area contributed by atoms with Gasteiger partial charge in [0.15, 0.2) is 14.1 Å². The average Bonchev–Trinajstić information content (AvgIpc) is 2.64. The lowest BCUT2D eigenvalue weighted by Gasteiger charge is -2.36. The van der Waals surface area contributed by atoms with Gasteiger partial charge in [0.25, 0.3) is 0 Å². The second-order valence-corrected chi connectivity index (χ2v) is 14.4. The van der Waals surface area contributed by atoms with Crippen LogP contribution in [0.15, 0.2) is 36.4 Å². The van der Waals surface area contributed by atoms with Crippen molar-refractivity contribution in [2.75, 3.05) is 13.7 Å². The molecule has 0 unspecified atom stereocenters. The summed E-state index contributed by atoms with van der Waals surface area (Å²) in [6.45, 7) is 18.0. The lowest BCUT2D eigenvalue weighted by Crippen LogP contribution is -2.41. The zero-order valence-electron chi connectivity index (χ0n) is 19.8. The van der Waals surface area contributed by atoms with E-state index in [0.29, 0.717) is 25.6 Å². The molecule has 0 fully saturated rings. The van der Waals surface area contributed by atoms with Gasteiger partial charge in [-0.1, -0.05) is 52.0 Å². The first-order valence-electron chi connectivity index (χ1n) is 10.4. The highest BCUT2D eigenvalue weighted by Gasteiger charge is 2.37. The molecule has 4 nitrogen and oxygen atoms in total. The van der Waals surface area contributed by atoms with Crippen molar-refractivity contribution >= 4 is 14.1 Å². The number of carbonyl (C=O) groups is 1. The maximum atomic E-state index is 12.2. The van der Waals surface area contributed by atoms with Crippen LogP contribution < -0.4 is 4.74 Å². The van der Waals surface area contributed by atoms with E-state index in [0.717, 1.165) is 11.3 Å². The van der Waals surface area contributed by atoms with E-state index in [4.69, 9.17) is 13.9 Å². The molecule has 1 rings (SSSR count). The minimum Gasteiger partial charge on any atom is -0.497 e. The highest BCUT2D eigenvalue weighted by molar-refractivity contribution is 6.74. The predicted octanol–water partition coefficient (Wildman–Crippen LogP) is 6.16. The molecule has 0 saturated heterocycles. The van der Waals surface area contributed by atoms with E-state index in [9.17, 15) is 4.79 Å². The van der Waals surface area contributed by atoms with Crippen molar-refractivity contribution in [3.8, 4) is 5.75 Å². The summed E-state index contributed by atoms with van der Waals surface area (Å²) in [5, 5.41) is 0.207. The topological polar surface area (TPSA) is 44.8 Å². The Morgan fingerprint density at radius 1 is 1.14 bits per heavy atom. The Kier molecular flexibility index (Phi) is 9.32. The molecule has 2 atom stereocenters. The number of hydrogen-bond acceptors (Lipinski definition) is 4. The van der Waals surface area contributed by atoms with Gasteiger partial charge in [-0.15, -0.1) is 0 Å². The molecule has 0 saturated carbocycles. The van der Waals surface area contributed by atoms with Crippen LogP contribution in [0, 0.1) is 5.92 Å². The lowest BCUT2D eigenvalue weighted by molar-refractivity contribution is -0.141. The molecule has 1 aromatic carbocycles. The number of hydrogen-bond donors (Lipinski definition) is 0. The molecule has 1 aromatic rings. The van der Waals surface area contributed by atoms with E-state index < -0.39 is 13.9 Å². The first-order chi connectivity index (χ1) is 13.3. The van der Waals surface area contributed by atoms with Gasteiger partial charge in [-0.05, 0) is 55.6 Å². The molecule has 29 heavy (non-hydrogen) atoms. The van der Waals surface area contributed by atoms with Crippen molar-refractivity contribution in [3.05, 3.63) is 42.0 Å². The summed E-state index contributed by atoms with van der Waals surface area (Å²) in [5.41, 5.74) is 0.176. The molecule has 0 aromatic heterocycles. The second kappa shape index (κ2) is 10.6. The summed E-state index contributed by atoms with van der Waals surface area (Å²) >= 11 is 0. The number of methoxy groups -OCH3 is 1. The number of benzene rings is 1. The third-order valence-corrected chi connectivity index (χ3v) is 10.4. The molecule has 0 bridgehead atoms. The Bertz CT molecular complexity index is 673. The summed E-state index contributed by atoms with van der Waals surface area (Å²) in [6, 6.07) is 7.70. The van der Waals surface area contributed by atoms with Crippen molar-refractivity contribution in [2.45, 2.75) is 78.3 Å². The van der Waals surface area contributed by atoms with Gasteiger partial charge >= 0.3 is 0 Å². The zero-order valence-corrected chi connectivity index (χ0v) is 20.8. The SMILES string of the molecule is COc1ccc(CO[C@](C)(C/C=C/[C@@H](C)CO[Si](C)(C)C(C)(C)C)C(C)=O)cc1. The van der Waals surface area contributed by atoms with Gasteiger partial charge in [0.2, 0.25) is 0 Å². The third kappa shape index (κ3) is 8.07. The number of ketones is 1. The Morgan fingerprint density at radius 2 is 1.72 bits per heavy atom. The highest BCUT2D eigenvalue weighted by Crippen LogP contribution is 2.36. The van der Waals surface area contributed by atoms with Crippen LogP contribution in [-0.4, -0.2) is 33.4 Å². The van der Waals surface area contributed by atoms with Crippen LogP contribution in [0.2, 0.25) is 18.1 Å². The molecule has 0 aliphatic heterocycles. The van der Waals surface area contributed by atoms with Gasteiger partial charge in [-0.3, -0.25) is 4.79 Å². The minimum absolute atomic E-state index is 0.0286. The monoisotopic (exact) mass is 420 g/mol. The molecular formula is C24H40O4Si. The first-order valence-corrected chi connectivity index (χ1v) is 13.3. The molecule has 164 valence electrons. The van der Waals surface area contributed by atoms with E-state index in [2.05, 4.69) is 52.9 Å². The summed E-state index contributed by atoms with van der Waals surface area (Å²) in [7, 11) is -0.0983. The average molecular weight is 421 g/mol. The summed E-state index contributed by atoms with van der Waals surface area (Å²) < 4.78 is 17.5. The standard InChI is InChI=1S/C24H40O4Si/c1-19(17-28-29(8,9)23(3,4)5)11-10-16-24(6,20(2)25)27-18-21-12-14-22(26-7)15-13-21/h10-15,19H,16-18H2,1-9H3/b11-10+/t19-,24-/m1/s1. The number of rotatable bonds is 11. The molecule has 0 spiro atoms. The molecule has 5 heteroatoms. The maximum Gasteiger partial charge on any atom is 0.192 e. The number of Topliss-reactive ketones (excluding diaryl/α,β-unsaturated/α-hetero) is 1. The fourth-order valence-electron chi connectivity index (χ4n) is 2.41. The second-order valence-electron chi connectivity index (χ2n) is 9.60. The Balaban J connectivity index is 2.62. The fourth-order valence-corrected chi connectivity index (χ4v) is 3.52. The van der Waals surface area contributed by atoms with Gasteiger partial charge < -0.3 is 13.9 Å². The van der Waals surface area contributed by atoms with Crippen LogP contribution in [-0.2, 0) is 20.6 Å². The molecular weight excluding hydrogens is 380 g/mol. The smallest absolute Gasteiger partial charge is 0.192 e. The van der Waals surface area contributed by atoms with Gasteiger partial charge in [-0.25, -0.2) is 0 Å². The van der Waals surface area contributed by atoms with Crippen LogP contribution >= 0.6 is 0 Å². The van der Waals surface area contributed by atoms with E-state index in [1.165, 1.54) is 0 Å². The van der Waals surface area contributed by atoms with Crippen LogP contribution in [0.5, 0.6) is 5.75 Å². The Morgan fingerprint density at radius 3 is 2.21 bits per heavy atom. The Hall–Kier alpha value is -1.43. The minimum atomic E-state index is -1.74. The molecule has 0 aliphatic rings. The van der Waals surface area contributed by atoms with Crippen molar-refractivity contribution < 1.29 is 18.7 Å². The van der Waals surface area contributed by atoms with E-state index >= 15 is 0 Å². The van der Waals surface area contributed by atoms with Crippen LogP contribution in [0.1, 0.15) is 53.5 Å². The molecule has 0 amide bonds. The van der Waals surface area contributed by atoms with E-state index in [1.807, 2.05) is 31.2 Å². The number of carbonyl (C=O) groups excluding carboxylic acids is 1. The summed E-state index contributed by atoms with van der Waals surface area (Å²) in [6.07, 6.45) is 4.73. The van der Waals surface area contributed by atoms with Crippen molar-refractivity contribution in [1.82, 2.24) is 0 Å². The van der Waals surface area contributed by atoms with Gasteiger partial charge in [0, 0.05) is 13.0 Å². The summed E-state index contributed by atoms with van der Waals surface area (Å²) in [5.74, 6) is 1.13. The molecule has 0 radical (unpaired) electrons. The zero-order chi connectivity index (χ0) is 22.3. The largest absolute Gasteiger partial charge is 0.497 e. The Labute approximate surface area is 178 Å². The van der Waals surface area contributed by atoms with Gasteiger partial charge in [0.1, 0.15) is 11.4 Å². The van der Waals surface area contributed by atoms with Crippen LogP contribution in [0.3, 0.4) is 0 Å². The maximum absolute atomic E-state index is 12.2. The van der Waals surface area contributed by atoms with Crippen molar-refractivity contribution in [2.24, 2.45) is 5.92 Å². The van der Waals surface area contributed by atoms with E-state index in [-0.39, 0.29) is 10.8 Å². The normalized spacial score (nSPS) is 15.9. The first kappa shape index (κ1) is 25.6. The van der Waals surface area contributed by atoms with E-state index in [1.54, 1.807) is 14.0 Å². The van der Waals surface area contributed by atoms with Gasteiger partial charge in [0.05, 0.1) is 13.7 Å². The quantitative estimate of drug-likeness (QED) is 0.317.